The van der Waals surface area contributed by atoms with Crippen molar-refractivity contribution in [3.63, 3.8) is 0 Å². The van der Waals surface area contributed by atoms with Crippen LogP contribution in [0.5, 0.6) is 0 Å². The Morgan fingerprint density at radius 3 is 2.70 bits per heavy atom. The molecule has 1 atom stereocenters. The number of benzene rings is 1. The summed E-state index contributed by atoms with van der Waals surface area (Å²) in [5.74, 6) is 0.815. The fraction of sp³-hybridized carbons (Fsp3) is 0.500. The molecule has 0 bridgehead atoms. The summed E-state index contributed by atoms with van der Waals surface area (Å²) < 4.78 is 2.10. The molecule has 1 saturated carbocycles. The number of fused-ring (bicyclic) bond motifs is 1. The first-order chi connectivity index (χ1) is 11.0. The first kappa shape index (κ1) is 15.5. The van der Waals surface area contributed by atoms with Gasteiger partial charge in [-0.1, -0.05) is 20.8 Å². The molecular weight excluding hydrogens is 288 g/mol. The number of nitrogens with zero attached hydrogens (tertiary/aromatic N) is 3. The van der Waals surface area contributed by atoms with Crippen LogP contribution in [0.1, 0.15) is 51.6 Å². The van der Waals surface area contributed by atoms with Crippen molar-refractivity contribution in [1.29, 1.82) is 5.26 Å². The summed E-state index contributed by atoms with van der Waals surface area (Å²) in [6, 6.07) is 8.02. The quantitative estimate of drug-likeness (QED) is 0.932. The van der Waals surface area contributed by atoms with Crippen LogP contribution in [0.3, 0.4) is 0 Å². The van der Waals surface area contributed by atoms with E-state index in [0.29, 0.717) is 17.6 Å². The number of aromatic nitrogens is 2. The molecule has 0 aliphatic heterocycles. The van der Waals surface area contributed by atoms with E-state index in [9.17, 15) is 4.79 Å². The lowest BCUT2D eigenvalue weighted by Crippen LogP contribution is -2.27. The van der Waals surface area contributed by atoms with Crippen LogP contribution in [0.25, 0.3) is 11.0 Å². The van der Waals surface area contributed by atoms with Crippen LogP contribution in [0, 0.1) is 23.2 Å². The molecule has 0 unspecified atom stereocenters. The van der Waals surface area contributed by atoms with Crippen molar-refractivity contribution in [1.82, 2.24) is 9.55 Å². The number of nitrogens with one attached hydrogen (secondary N) is 1. The lowest BCUT2D eigenvalue weighted by atomic mass is 9.92. The first-order valence-electron chi connectivity index (χ1n) is 8.24. The molecule has 5 heteroatoms. The molecule has 0 spiro atoms. The van der Waals surface area contributed by atoms with Gasteiger partial charge >= 0.3 is 0 Å². The molecule has 1 aliphatic carbocycles. The molecule has 23 heavy (non-hydrogen) atoms. The van der Waals surface area contributed by atoms with Gasteiger partial charge in [0, 0.05) is 12.0 Å². The van der Waals surface area contributed by atoms with E-state index >= 15 is 0 Å². The Labute approximate surface area is 136 Å². The number of nitriles is 1. The zero-order valence-electron chi connectivity index (χ0n) is 13.8. The van der Waals surface area contributed by atoms with E-state index in [1.807, 2.05) is 32.9 Å². The number of rotatable bonds is 4. The monoisotopic (exact) mass is 310 g/mol. The lowest BCUT2D eigenvalue weighted by Gasteiger charge is -2.29. The zero-order chi connectivity index (χ0) is 16.6. The first-order valence-corrected chi connectivity index (χ1v) is 8.24. The number of carbonyl (C=O) groups excluding carboxylic acids is 1. The fourth-order valence-electron chi connectivity index (χ4n) is 2.79. The molecule has 120 valence electrons. The van der Waals surface area contributed by atoms with Gasteiger partial charge in [-0.2, -0.15) is 5.26 Å². The van der Waals surface area contributed by atoms with Gasteiger partial charge in [0.25, 0.3) is 0 Å². The second-order valence-electron chi connectivity index (χ2n) is 6.73. The standard InChI is InChI=1S/C18H22N4O/c1-11(2)12(3)17(23)21-18-20-15-8-7-13(10-19)9-16(15)22(18)14-5-4-6-14/h7-9,11-12,14H,4-6H2,1-3H3,(H,20,21,23)/t12-/m0/s1. The predicted octanol–water partition coefficient (Wildman–Crippen LogP) is 3.86. The molecule has 1 heterocycles. The summed E-state index contributed by atoms with van der Waals surface area (Å²) in [5.41, 5.74) is 2.37. The van der Waals surface area contributed by atoms with Gasteiger partial charge in [-0.3, -0.25) is 10.1 Å². The van der Waals surface area contributed by atoms with Crippen molar-refractivity contribution in [3.8, 4) is 6.07 Å². The highest BCUT2D eigenvalue weighted by Gasteiger charge is 2.27. The number of anilines is 1. The van der Waals surface area contributed by atoms with Crippen LogP contribution < -0.4 is 5.32 Å². The third-order valence-corrected chi connectivity index (χ3v) is 4.91. The van der Waals surface area contributed by atoms with Crippen molar-refractivity contribution in [2.75, 3.05) is 5.32 Å². The third kappa shape index (κ3) is 2.81. The Morgan fingerprint density at radius 2 is 2.13 bits per heavy atom. The van der Waals surface area contributed by atoms with E-state index < -0.39 is 0 Å². The molecule has 1 N–H and O–H groups in total. The smallest absolute Gasteiger partial charge is 0.229 e. The van der Waals surface area contributed by atoms with Crippen LogP contribution in [0.4, 0.5) is 5.95 Å². The van der Waals surface area contributed by atoms with Crippen molar-refractivity contribution in [2.45, 2.75) is 46.1 Å². The number of amides is 1. The normalized spacial score (nSPS) is 16.1. The largest absolute Gasteiger partial charge is 0.307 e. The maximum absolute atomic E-state index is 12.4. The van der Waals surface area contributed by atoms with E-state index in [1.54, 1.807) is 6.07 Å². The lowest BCUT2D eigenvalue weighted by molar-refractivity contribution is -0.120. The molecule has 0 radical (unpaired) electrons. The molecule has 5 nitrogen and oxygen atoms in total. The molecule has 1 aromatic carbocycles. The van der Waals surface area contributed by atoms with Gasteiger partial charge in [0.1, 0.15) is 0 Å². The molecule has 1 amide bonds. The topological polar surface area (TPSA) is 70.7 Å². The highest BCUT2D eigenvalue weighted by molar-refractivity contribution is 5.93. The molecule has 1 fully saturated rings. The molecule has 3 rings (SSSR count). The van der Waals surface area contributed by atoms with Gasteiger partial charge in [0.05, 0.1) is 22.7 Å². The summed E-state index contributed by atoms with van der Waals surface area (Å²) in [6.45, 7) is 6.01. The summed E-state index contributed by atoms with van der Waals surface area (Å²) in [4.78, 5) is 17.0. The van der Waals surface area contributed by atoms with Gasteiger partial charge in [-0.15, -0.1) is 0 Å². The van der Waals surface area contributed by atoms with Crippen LogP contribution in [-0.4, -0.2) is 15.5 Å². The molecular formula is C18H22N4O. The Balaban J connectivity index is 2.02. The predicted molar refractivity (Wildman–Crippen MR) is 90.0 cm³/mol. The van der Waals surface area contributed by atoms with Gasteiger partial charge < -0.3 is 4.57 Å². The van der Waals surface area contributed by atoms with Crippen LogP contribution in [-0.2, 0) is 4.79 Å². The van der Waals surface area contributed by atoms with Crippen molar-refractivity contribution >= 4 is 22.9 Å². The zero-order valence-corrected chi connectivity index (χ0v) is 13.8. The minimum atomic E-state index is -0.0701. The third-order valence-electron chi connectivity index (χ3n) is 4.91. The Hall–Kier alpha value is -2.35. The number of imidazole rings is 1. The molecule has 1 aliphatic rings. The van der Waals surface area contributed by atoms with E-state index in [2.05, 4.69) is 20.9 Å². The molecule has 0 saturated heterocycles. The minimum Gasteiger partial charge on any atom is -0.307 e. The van der Waals surface area contributed by atoms with Gasteiger partial charge in [-0.05, 0) is 43.4 Å². The minimum absolute atomic E-state index is 0.00335. The molecule has 1 aromatic heterocycles. The van der Waals surface area contributed by atoms with Gasteiger partial charge in [-0.25, -0.2) is 4.98 Å². The van der Waals surface area contributed by atoms with E-state index in [-0.39, 0.29) is 17.7 Å². The maximum Gasteiger partial charge on any atom is 0.229 e. The van der Waals surface area contributed by atoms with E-state index in [1.165, 1.54) is 6.42 Å². The second kappa shape index (κ2) is 6.04. The average molecular weight is 310 g/mol. The van der Waals surface area contributed by atoms with Crippen molar-refractivity contribution in [3.05, 3.63) is 23.8 Å². The molecule has 2 aromatic rings. The number of hydrogen-bond donors (Lipinski definition) is 1. The van der Waals surface area contributed by atoms with Crippen LogP contribution >= 0.6 is 0 Å². The van der Waals surface area contributed by atoms with Gasteiger partial charge in [0.15, 0.2) is 0 Å². The van der Waals surface area contributed by atoms with E-state index in [4.69, 9.17) is 5.26 Å². The summed E-state index contributed by atoms with van der Waals surface area (Å²) >= 11 is 0. The van der Waals surface area contributed by atoms with Gasteiger partial charge in [0.2, 0.25) is 11.9 Å². The van der Waals surface area contributed by atoms with Crippen LogP contribution in [0.15, 0.2) is 18.2 Å². The van der Waals surface area contributed by atoms with Crippen LogP contribution in [0.2, 0.25) is 0 Å². The van der Waals surface area contributed by atoms with Crippen molar-refractivity contribution < 1.29 is 4.79 Å². The highest BCUT2D eigenvalue weighted by Crippen LogP contribution is 2.37. The Morgan fingerprint density at radius 1 is 1.39 bits per heavy atom. The van der Waals surface area contributed by atoms with Crippen molar-refractivity contribution in [2.24, 2.45) is 11.8 Å². The summed E-state index contributed by atoms with van der Waals surface area (Å²) in [6.07, 6.45) is 3.37. The summed E-state index contributed by atoms with van der Waals surface area (Å²) in [5, 5.41) is 12.1. The second-order valence-corrected chi connectivity index (χ2v) is 6.73. The Kier molecular flexibility index (Phi) is 4.08. The maximum atomic E-state index is 12.4. The summed E-state index contributed by atoms with van der Waals surface area (Å²) in [7, 11) is 0. The average Bonchev–Trinajstić information content (AvgIpc) is 2.82. The fourth-order valence-corrected chi connectivity index (χ4v) is 2.79. The number of carbonyl (C=O) groups is 1. The Bertz CT molecular complexity index is 780. The number of hydrogen-bond acceptors (Lipinski definition) is 3. The van der Waals surface area contributed by atoms with E-state index in [0.717, 1.165) is 23.9 Å². The highest BCUT2D eigenvalue weighted by atomic mass is 16.2. The SMILES string of the molecule is CC(C)[C@H](C)C(=O)Nc1nc2ccc(C#N)cc2n1C1CCC1.